The average molecular weight is 259 g/mol. The van der Waals surface area contributed by atoms with Crippen LogP contribution in [0, 0.1) is 5.92 Å². The number of aliphatic hydroxyl groups excluding tert-OH is 1. The topological polar surface area (TPSA) is 40.5 Å². The van der Waals surface area contributed by atoms with Gasteiger partial charge in [-0.1, -0.05) is 31.0 Å². The Kier molecular flexibility index (Phi) is 3.56. The van der Waals surface area contributed by atoms with Crippen molar-refractivity contribution in [3.63, 3.8) is 0 Å². The van der Waals surface area contributed by atoms with Gasteiger partial charge in [0.05, 0.1) is 6.10 Å². The highest BCUT2D eigenvalue weighted by molar-refractivity contribution is 5.94. The highest BCUT2D eigenvalue weighted by Crippen LogP contribution is 2.36. The van der Waals surface area contributed by atoms with E-state index in [-0.39, 0.29) is 24.0 Å². The summed E-state index contributed by atoms with van der Waals surface area (Å²) in [7, 11) is 0. The minimum Gasteiger partial charge on any atom is -0.393 e. The Hall–Kier alpha value is -1.35. The van der Waals surface area contributed by atoms with Gasteiger partial charge in [-0.15, -0.1) is 0 Å². The molecule has 0 spiro atoms. The van der Waals surface area contributed by atoms with E-state index in [0.29, 0.717) is 6.54 Å². The molecular weight excluding hydrogens is 238 g/mol. The van der Waals surface area contributed by atoms with Gasteiger partial charge in [-0.3, -0.25) is 4.79 Å². The minimum atomic E-state index is -0.217. The van der Waals surface area contributed by atoms with Gasteiger partial charge in [0.15, 0.2) is 0 Å². The molecule has 0 unspecified atom stereocenters. The maximum Gasteiger partial charge on any atom is 0.254 e. The lowest BCUT2D eigenvalue weighted by atomic mass is 9.76. The number of rotatable bonds is 1. The molecular formula is C16H21NO2. The highest BCUT2D eigenvalue weighted by Gasteiger charge is 2.40. The van der Waals surface area contributed by atoms with Crippen LogP contribution in [0.2, 0.25) is 0 Å². The molecule has 1 aliphatic carbocycles. The molecule has 1 aliphatic heterocycles. The van der Waals surface area contributed by atoms with Crippen LogP contribution in [0.4, 0.5) is 0 Å². The van der Waals surface area contributed by atoms with Crippen LogP contribution in [0.25, 0.3) is 0 Å². The van der Waals surface area contributed by atoms with Crippen LogP contribution in [-0.2, 0) is 0 Å². The van der Waals surface area contributed by atoms with E-state index < -0.39 is 0 Å². The number of hydrogen-bond donors (Lipinski definition) is 1. The van der Waals surface area contributed by atoms with Crippen molar-refractivity contribution in [3.8, 4) is 0 Å². The van der Waals surface area contributed by atoms with Gasteiger partial charge in [0, 0.05) is 24.1 Å². The summed E-state index contributed by atoms with van der Waals surface area (Å²) < 4.78 is 0. The van der Waals surface area contributed by atoms with Gasteiger partial charge in [-0.25, -0.2) is 0 Å². The van der Waals surface area contributed by atoms with E-state index >= 15 is 0 Å². The third kappa shape index (κ3) is 2.39. The molecule has 1 saturated heterocycles. The van der Waals surface area contributed by atoms with E-state index in [9.17, 15) is 9.90 Å². The van der Waals surface area contributed by atoms with Crippen LogP contribution in [0.15, 0.2) is 30.3 Å². The van der Waals surface area contributed by atoms with Gasteiger partial charge in [0.2, 0.25) is 0 Å². The standard InChI is InChI=1S/C16H21NO2/c18-15-10-11-17(14-9-5-4-8-13(14)15)16(19)12-6-2-1-3-7-12/h1-3,6-7,13-15,18H,4-5,8-11H2/t13-,14-,15+/m0/s1. The molecule has 19 heavy (non-hydrogen) atoms. The van der Waals surface area contributed by atoms with Gasteiger partial charge in [-0.05, 0) is 31.4 Å². The molecule has 1 aromatic carbocycles. The molecule has 3 heteroatoms. The molecule has 3 nitrogen and oxygen atoms in total. The maximum absolute atomic E-state index is 12.6. The van der Waals surface area contributed by atoms with Crippen molar-refractivity contribution >= 4 is 5.91 Å². The van der Waals surface area contributed by atoms with Crippen molar-refractivity contribution in [1.82, 2.24) is 4.90 Å². The lowest BCUT2D eigenvalue weighted by Crippen LogP contribution is -2.54. The second-order valence-corrected chi connectivity index (χ2v) is 5.74. The summed E-state index contributed by atoms with van der Waals surface area (Å²) in [5, 5.41) is 10.1. The van der Waals surface area contributed by atoms with E-state index in [1.165, 1.54) is 12.8 Å². The SMILES string of the molecule is O=C(c1ccccc1)N1CC[C@@H](O)[C@H]2CCCC[C@@H]21. The third-order valence-corrected chi connectivity index (χ3v) is 4.62. The lowest BCUT2D eigenvalue weighted by molar-refractivity contribution is -0.0262. The predicted molar refractivity (Wildman–Crippen MR) is 73.8 cm³/mol. The number of carbonyl (C=O) groups excluding carboxylic acids is 1. The lowest BCUT2D eigenvalue weighted by Gasteiger charge is -2.46. The molecule has 1 heterocycles. The van der Waals surface area contributed by atoms with Gasteiger partial charge in [0.25, 0.3) is 5.91 Å². The Morgan fingerprint density at radius 1 is 1.11 bits per heavy atom. The maximum atomic E-state index is 12.6. The molecule has 0 bridgehead atoms. The van der Waals surface area contributed by atoms with Crippen LogP contribution in [-0.4, -0.2) is 34.6 Å². The van der Waals surface area contributed by atoms with Crippen molar-refractivity contribution < 1.29 is 9.90 Å². The number of hydrogen-bond acceptors (Lipinski definition) is 2. The molecule has 0 radical (unpaired) electrons. The van der Waals surface area contributed by atoms with Gasteiger partial charge >= 0.3 is 0 Å². The second-order valence-electron chi connectivity index (χ2n) is 5.74. The Balaban J connectivity index is 1.82. The molecule has 1 aromatic rings. The number of fused-ring (bicyclic) bond motifs is 1. The van der Waals surface area contributed by atoms with Crippen LogP contribution < -0.4 is 0 Å². The van der Waals surface area contributed by atoms with Crippen LogP contribution in [0.3, 0.4) is 0 Å². The van der Waals surface area contributed by atoms with E-state index in [4.69, 9.17) is 0 Å². The highest BCUT2D eigenvalue weighted by atomic mass is 16.3. The van der Waals surface area contributed by atoms with Gasteiger partial charge in [0.1, 0.15) is 0 Å². The molecule has 1 saturated carbocycles. The number of aliphatic hydroxyl groups is 1. The number of amides is 1. The average Bonchev–Trinajstić information content (AvgIpc) is 2.48. The predicted octanol–water partition coefficient (Wildman–Crippen LogP) is 2.45. The Bertz CT molecular complexity index is 445. The number of piperidine rings is 1. The molecule has 0 aromatic heterocycles. The molecule has 3 rings (SSSR count). The quantitative estimate of drug-likeness (QED) is 0.841. The Labute approximate surface area is 114 Å². The zero-order valence-corrected chi connectivity index (χ0v) is 11.2. The normalized spacial score (nSPS) is 30.8. The molecule has 102 valence electrons. The summed E-state index contributed by atoms with van der Waals surface area (Å²) in [4.78, 5) is 14.6. The summed E-state index contributed by atoms with van der Waals surface area (Å²) >= 11 is 0. The van der Waals surface area contributed by atoms with Crippen molar-refractivity contribution in [2.75, 3.05) is 6.54 Å². The first-order valence-electron chi connectivity index (χ1n) is 7.31. The van der Waals surface area contributed by atoms with E-state index in [1.807, 2.05) is 35.2 Å². The van der Waals surface area contributed by atoms with Crippen LogP contribution in [0.1, 0.15) is 42.5 Å². The van der Waals surface area contributed by atoms with E-state index in [1.54, 1.807) is 0 Å². The summed E-state index contributed by atoms with van der Waals surface area (Å²) in [5.74, 6) is 0.416. The number of benzene rings is 1. The number of likely N-dealkylation sites (tertiary alicyclic amines) is 1. The Morgan fingerprint density at radius 2 is 1.84 bits per heavy atom. The van der Waals surface area contributed by atoms with Crippen molar-refractivity contribution in [1.29, 1.82) is 0 Å². The molecule has 2 aliphatic rings. The van der Waals surface area contributed by atoms with Crippen molar-refractivity contribution in [2.45, 2.75) is 44.2 Å². The van der Waals surface area contributed by atoms with Gasteiger partial charge in [-0.2, -0.15) is 0 Å². The smallest absolute Gasteiger partial charge is 0.254 e. The summed E-state index contributed by atoms with van der Waals surface area (Å²) in [5.41, 5.74) is 0.767. The first kappa shape index (κ1) is 12.7. The summed E-state index contributed by atoms with van der Waals surface area (Å²) in [6.07, 6.45) is 4.97. The molecule has 1 N–H and O–H groups in total. The zero-order chi connectivity index (χ0) is 13.2. The van der Waals surface area contributed by atoms with Crippen LogP contribution in [0.5, 0.6) is 0 Å². The third-order valence-electron chi connectivity index (χ3n) is 4.62. The molecule has 2 fully saturated rings. The Morgan fingerprint density at radius 3 is 2.63 bits per heavy atom. The summed E-state index contributed by atoms with van der Waals surface area (Å²) in [6.45, 7) is 0.691. The number of carbonyl (C=O) groups is 1. The van der Waals surface area contributed by atoms with E-state index in [0.717, 1.165) is 24.8 Å². The minimum absolute atomic E-state index is 0.129. The summed E-state index contributed by atoms with van der Waals surface area (Å²) in [6, 6.07) is 9.75. The van der Waals surface area contributed by atoms with Crippen LogP contribution >= 0.6 is 0 Å². The fourth-order valence-corrected chi connectivity index (χ4v) is 3.63. The van der Waals surface area contributed by atoms with Crippen molar-refractivity contribution in [2.24, 2.45) is 5.92 Å². The fraction of sp³-hybridized carbons (Fsp3) is 0.562. The van der Waals surface area contributed by atoms with E-state index in [2.05, 4.69) is 0 Å². The monoisotopic (exact) mass is 259 g/mol. The number of nitrogens with zero attached hydrogens (tertiary/aromatic N) is 1. The largest absolute Gasteiger partial charge is 0.393 e. The zero-order valence-electron chi connectivity index (χ0n) is 11.2. The second kappa shape index (κ2) is 5.33. The molecule has 1 amide bonds. The van der Waals surface area contributed by atoms with Gasteiger partial charge < -0.3 is 10.0 Å². The van der Waals surface area contributed by atoms with Crippen molar-refractivity contribution in [3.05, 3.63) is 35.9 Å². The first-order valence-corrected chi connectivity index (χ1v) is 7.31. The molecule has 3 atom stereocenters. The first-order chi connectivity index (χ1) is 9.27. The fourth-order valence-electron chi connectivity index (χ4n) is 3.63.